The molecule has 38 heavy (non-hydrogen) atoms. The molecule has 3 heterocycles. The Hall–Kier alpha value is -3.74. The fraction of sp³-hybridized carbons (Fsp3) is 0.440. The van der Waals surface area contributed by atoms with Crippen molar-refractivity contribution in [3.8, 4) is 11.4 Å². The van der Waals surface area contributed by atoms with Gasteiger partial charge in [0.05, 0.1) is 36.7 Å². The van der Waals surface area contributed by atoms with E-state index in [1.165, 1.54) is 42.1 Å². The number of nitrogens with one attached hydrogen (secondary N) is 1. The zero-order valence-corrected chi connectivity index (χ0v) is 22.4. The van der Waals surface area contributed by atoms with E-state index in [1.807, 2.05) is 18.6 Å². The van der Waals surface area contributed by atoms with Gasteiger partial charge in [-0.25, -0.2) is 32.0 Å². The van der Waals surface area contributed by atoms with Crippen LogP contribution < -0.4 is 9.46 Å². The Morgan fingerprint density at radius 1 is 1.18 bits per heavy atom. The molecule has 0 atom stereocenters. The molecule has 0 saturated carbocycles. The number of halogens is 1. The molecule has 0 aliphatic carbocycles. The molecule has 204 valence electrons. The van der Waals surface area contributed by atoms with Crippen molar-refractivity contribution >= 4 is 33.1 Å². The van der Waals surface area contributed by atoms with Crippen molar-refractivity contribution in [1.82, 2.24) is 24.4 Å². The van der Waals surface area contributed by atoms with E-state index in [-0.39, 0.29) is 29.3 Å². The summed E-state index contributed by atoms with van der Waals surface area (Å²) in [6.07, 6.45) is 1.92. The SMILES string of the molecule is COC(=O)N1CCC(COc2cc(C(=O)NS(C)(=O)=O)nc3c2c(C(C)C)nn3-c2ccc(F)cc2)CC1. The van der Waals surface area contributed by atoms with Gasteiger partial charge >= 0.3 is 6.09 Å². The third-order valence-electron chi connectivity index (χ3n) is 6.28. The number of rotatable bonds is 7. The molecule has 1 aliphatic heterocycles. The van der Waals surface area contributed by atoms with E-state index in [2.05, 4.69) is 4.98 Å². The molecule has 0 radical (unpaired) electrons. The van der Waals surface area contributed by atoms with Crippen LogP contribution in [0.25, 0.3) is 16.7 Å². The van der Waals surface area contributed by atoms with Crippen LogP contribution in [0.4, 0.5) is 9.18 Å². The van der Waals surface area contributed by atoms with E-state index in [0.717, 1.165) is 6.26 Å². The summed E-state index contributed by atoms with van der Waals surface area (Å²) >= 11 is 0. The number of piperidine rings is 1. The number of nitrogens with zero attached hydrogens (tertiary/aromatic N) is 4. The topological polar surface area (TPSA) is 133 Å². The highest BCUT2D eigenvalue weighted by Crippen LogP contribution is 2.35. The second-order valence-corrected chi connectivity index (χ2v) is 11.3. The summed E-state index contributed by atoms with van der Waals surface area (Å²) in [6.45, 7) is 5.28. The number of hydrogen-bond donors (Lipinski definition) is 1. The monoisotopic (exact) mass is 547 g/mol. The van der Waals surface area contributed by atoms with Crippen LogP contribution in [-0.2, 0) is 14.8 Å². The first-order valence-corrected chi connectivity index (χ1v) is 14.0. The lowest BCUT2D eigenvalue weighted by molar-refractivity contribution is 0.0966. The Labute approximate surface area is 220 Å². The molecule has 0 bridgehead atoms. The van der Waals surface area contributed by atoms with E-state index in [1.54, 1.807) is 4.90 Å². The molecule has 2 amide bonds. The third kappa shape index (κ3) is 6.04. The highest BCUT2D eigenvalue weighted by Gasteiger charge is 2.27. The minimum Gasteiger partial charge on any atom is -0.492 e. The van der Waals surface area contributed by atoms with Gasteiger partial charge in [-0.2, -0.15) is 5.10 Å². The third-order valence-corrected chi connectivity index (χ3v) is 6.84. The van der Waals surface area contributed by atoms with E-state index in [0.29, 0.717) is 55.1 Å². The number of ether oxygens (including phenoxy) is 2. The molecule has 1 aliphatic rings. The van der Waals surface area contributed by atoms with Crippen molar-refractivity contribution in [3.05, 3.63) is 47.5 Å². The van der Waals surface area contributed by atoms with Crippen LogP contribution in [-0.4, -0.2) is 73.1 Å². The number of likely N-dealkylation sites (tertiary alicyclic amines) is 1. The Balaban J connectivity index is 1.75. The average molecular weight is 548 g/mol. The van der Waals surface area contributed by atoms with Crippen molar-refractivity contribution in [2.75, 3.05) is 33.1 Å². The van der Waals surface area contributed by atoms with Crippen molar-refractivity contribution in [3.63, 3.8) is 0 Å². The number of hydrogen-bond acceptors (Lipinski definition) is 8. The fourth-order valence-corrected chi connectivity index (χ4v) is 4.79. The largest absolute Gasteiger partial charge is 0.492 e. The Bertz CT molecular complexity index is 1450. The maximum absolute atomic E-state index is 13.6. The summed E-state index contributed by atoms with van der Waals surface area (Å²) in [5, 5.41) is 5.28. The number of amides is 2. The number of methoxy groups -OCH3 is 1. The van der Waals surface area contributed by atoms with Crippen LogP contribution >= 0.6 is 0 Å². The molecule has 0 unspecified atom stereocenters. The summed E-state index contributed by atoms with van der Waals surface area (Å²) in [7, 11) is -2.49. The van der Waals surface area contributed by atoms with E-state index < -0.39 is 21.7 Å². The standard InChI is InChI=1S/C25H30FN5O6S/c1-15(2)22-21-20(37-14-16-9-11-30(12-10-16)25(33)36-3)13-19(24(32)29-38(4,34)35)27-23(21)31(28-22)18-7-5-17(26)6-8-18/h5-8,13,15-16H,9-12,14H2,1-4H3,(H,29,32). The predicted octanol–water partition coefficient (Wildman–Crippen LogP) is 3.23. The van der Waals surface area contributed by atoms with E-state index >= 15 is 0 Å². The zero-order chi connectivity index (χ0) is 27.6. The summed E-state index contributed by atoms with van der Waals surface area (Å²) in [4.78, 5) is 30.7. The van der Waals surface area contributed by atoms with Gasteiger partial charge in [0.1, 0.15) is 17.3 Å². The molecule has 1 aromatic carbocycles. The molecule has 1 N–H and O–H groups in total. The molecule has 13 heteroatoms. The number of benzene rings is 1. The normalized spacial score (nSPS) is 14.6. The molecule has 1 saturated heterocycles. The summed E-state index contributed by atoms with van der Waals surface area (Å²) < 4.78 is 51.5. The van der Waals surface area contributed by atoms with Gasteiger partial charge in [-0.15, -0.1) is 0 Å². The first-order chi connectivity index (χ1) is 18.0. The second kappa shape index (κ2) is 10.9. The van der Waals surface area contributed by atoms with Gasteiger partial charge in [0.25, 0.3) is 5.91 Å². The first-order valence-electron chi connectivity index (χ1n) is 12.1. The number of carbonyl (C=O) groups is 2. The van der Waals surface area contributed by atoms with E-state index in [4.69, 9.17) is 14.6 Å². The molecule has 0 spiro atoms. The molecule has 4 rings (SSSR count). The number of carbonyl (C=O) groups excluding carboxylic acids is 2. The Kier molecular flexibility index (Phi) is 7.86. The molecular formula is C25H30FN5O6S. The number of sulfonamides is 1. The van der Waals surface area contributed by atoms with Crippen LogP contribution in [0.1, 0.15) is 48.8 Å². The van der Waals surface area contributed by atoms with Crippen molar-refractivity contribution in [2.45, 2.75) is 32.6 Å². The fourth-order valence-electron chi connectivity index (χ4n) is 4.34. The Morgan fingerprint density at radius 3 is 2.42 bits per heavy atom. The number of pyridine rings is 1. The molecule has 1 fully saturated rings. The van der Waals surface area contributed by atoms with Crippen LogP contribution in [0, 0.1) is 11.7 Å². The molecule has 3 aromatic rings. The van der Waals surface area contributed by atoms with Gasteiger partial charge in [-0.3, -0.25) is 4.79 Å². The number of fused-ring (bicyclic) bond motifs is 1. The summed E-state index contributed by atoms with van der Waals surface area (Å²) in [5.41, 5.74) is 1.27. The minimum atomic E-state index is -3.84. The van der Waals surface area contributed by atoms with Gasteiger partial charge in [-0.05, 0) is 48.9 Å². The van der Waals surface area contributed by atoms with Crippen molar-refractivity contribution in [1.29, 1.82) is 0 Å². The van der Waals surface area contributed by atoms with Crippen LogP contribution in [0.2, 0.25) is 0 Å². The van der Waals surface area contributed by atoms with Gasteiger partial charge in [0.15, 0.2) is 5.65 Å². The quantitative estimate of drug-likeness (QED) is 0.477. The van der Waals surface area contributed by atoms with Gasteiger partial charge < -0.3 is 14.4 Å². The van der Waals surface area contributed by atoms with E-state index in [9.17, 15) is 22.4 Å². The summed E-state index contributed by atoms with van der Waals surface area (Å²) in [6, 6.07) is 7.06. The highest BCUT2D eigenvalue weighted by molar-refractivity contribution is 7.89. The summed E-state index contributed by atoms with van der Waals surface area (Å²) in [5.74, 6) is -0.910. The van der Waals surface area contributed by atoms with Gasteiger partial charge in [-0.1, -0.05) is 13.8 Å². The minimum absolute atomic E-state index is 0.0534. The second-order valence-electron chi connectivity index (χ2n) is 9.55. The lowest BCUT2D eigenvalue weighted by atomic mass is 9.98. The first kappa shape index (κ1) is 27.3. The molecular weight excluding hydrogens is 517 g/mol. The van der Waals surface area contributed by atoms with Crippen LogP contribution in [0.15, 0.2) is 30.3 Å². The maximum Gasteiger partial charge on any atom is 0.409 e. The predicted molar refractivity (Wildman–Crippen MR) is 137 cm³/mol. The Morgan fingerprint density at radius 2 is 1.84 bits per heavy atom. The van der Waals surface area contributed by atoms with Crippen LogP contribution in [0.3, 0.4) is 0 Å². The lowest BCUT2D eigenvalue weighted by Crippen LogP contribution is -2.39. The molecule has 2 aromatic heterocycles. The van der Waals surface area contributed by atoms with Gasteiger partial charge in [0.2, 0.25) is 10.0 Å². The van der Waals surface area contributed by atoms with Crippen molar-refractivity contribution < 1.29 is 31.9 Å². The maximum atomic E-state index is 13.6. The average Bonchev–Trinajstić information content (AvgIpc) is 3.26. The van der Waals surface area contributed by atoms with Crippen molar-refractivity contribution in [2.24, 2.45) is 5.92 Å². The lowest BCUT2D eigenvalue weighted by Gasteiger charge is -2.30. The number of aromatic nitrogens is 3. The zero-order valence-electron chi connectivity index (χ0n) is 21.6. The highest BCUT2D eigenvalue weighted by atomic mass is 32.2. The van der Waals surface area contributed by atoms with Crippen LogP contribution in [0.5, 0.6) is 5.75 Å². The molecule has 11 nitrogen and oxygen atoms in total. The smallest absolute Gasteiger partial charge is 0.409 e. The van der Waals surface area contributed by atoms with Gasteiger partial charge in [0, 0.05) is 19.2 Å².